The Morgan fingerprint density at radius 1 is 1.21 bits per heavy atom. The van der Waals surface area contributed by atoms with Crippen LogP contribution in [-0.2, 0) is 27.2 Å². The molecule has 38 heavy (non-hydrogen) atoms. The molecule has 0 spiro atoms. The lowest BCUT2D eigenvalue weighted by Crippen LogP contribution is -2.33. The van der Waals surface area contributed by atoms with Crippen LogP contribution in [0.4, 0.5) is 10.8 Å². The number of likely N-dealkylation sites (tertiary alicyclic amines) is 1. The van der Waals surface area contributed by atoms with E-state index < -0.39 is 5.97 Å². The molecule has 0 saturated carbocycles. The number of carbonyl (C=O) groups is 2. The highest BCUT2D eigenvalue weighted by Crippen LogP contribution is 2.38. The first kappa shape index (κ1) is 26.8. The van der Waals surface area contributed by atoms with Gasteiger partial charge in [0, 0.05) is 36.2 Å². The molecule has 1 saturated heterocycles. The van der Waals surface area contributed by atoms with Gasteiger partial charge in [0.2, 0.25) is 5.91 Å². The minimum Gasteiger partial charge on any atom is -0.481 e. The zero-order chi connectivity index (χ0) is 26.8. The van der Waals surface area contributed by atoms with Crippen molar-refractivity contribution in [2.75, 3.05) is 19.0 Å². The zero-order valence-corrected chi connectivity index (χ0v) is 23.5. The molecule has 4 aromatic rings. The molecule has 5 rings (SSSR count). The molecule has 2 aromatic carbocycles. The number of rotatable bonds is 9. The van der Waals surface area contributed by atoms with Gasteiger partial charge in [0.15, 0.2) is 5.13 Å². The largest absolute Gasteiger partial charge is 0.481 e. The Kier molecular flexibility index (Phi) is 8.15. The Hall–Kier alpha value is -2.76. The van der Waals surface area contributed by atoms with Crippen LogP contribution in [0.5, 0.6) is 0 Å². The molecule has 8 nitrogen and oxygen atoms in total. The van der Waals surface area contributed by atoms with Crippen molar-refractivity contribution < 1.29 is 19.4 Å². The second kappa shape index (κ2) is 11.5. The Labute approximate surface area is 237 Å². The standard InChI is InChI=1S/C26H24Cl2N4O4S2/c1-36-15-10-21(25-29-12-16(37-25)6-7-24(34)35)32(13-15)23(33)9-14-8-18(28)20(11-17(14)27)31-26-30-19-4-2-3-5-22(19)38-26/h2-5,8,11-12,15,21H,6-7,9-10,13H2,1H3,(H,30,31)(H,34,35)/t15-,21+/m1/s1. The molecule has 1 aliphatic rings. The van der Waals surface area contributed by atoms with Crippen LogP contribution in [0.3, 0.4) is 0 Å². The number of carboxylic acids is 1. The summed E-state index contributed by atoms with van der Waals surface area (Å²) in [4.78, 5) is 36.1. The molecule has 0 unspecified atom stereocenters. The van der Waals surface area contributed by atoms with Gasteiger partial charge in [-0.05, 0) is 36.2 Å². The van der Waals surface area contributed by atoms with Gasteiger partial charge < -0.3 is 20.1 Å². The number of ether oxygens (including phenoxy) is 1. The first-order valence-corrected chi connectivity index (χ1v) is 14.3. The number of carboxylic acid groups (broad SMARTS) is 1. The lowest BCUT2D eigenvalue weighted by atomic mass is 10.1. The van der Waals surface area contributed by atoms with Gasteiger partial charge in [-0.3, -0.25) is 9.59 Å². The monoisotopic (exact) mass is 590 g/mol. The van der Waals surface area contributed by atoms with Crippen LogP contribution >= 0.6 is 45.9 Å². The van der Waals surface area contributed by atoms with Crippen molar-refractivity contribution in [2.45, 2.75) is 37.8 Å². The molecule has 0 radical (unpaired) electrons. The van der Waals surface area contributed by atoms with E-state index >= 15 is 0 Å². The van der Waals surface area contributed by atoms with E-state index in [1.807, 2.05) is 24.3 Å². The van der Waals surface area contributed by atoms with Crippen LogP contribution in [0.2, 0.25) is 10.0 Å². The third-order valence-corrected chi connectivity index (χ3v) is 9.15. The molecule has 2 N–H and O–H groups in total. The summed E-state index contributed by atoms with van der Waals surface area (Å²) in [5, 5.41) is 14.5. The Morgan fingerprint density at radius 2 is 2.03 bits per heavy atom. The van der Waals surface area contributed by atoms with Crippen LogP contribution in [0.25, 0.3) is 10.2 Å². The normalized spacial score (nSPS) is 17.3. The fourth-order valence-electron chi connectivity index (χ4n) is 4.42. The quantitative estimate of drug-likeness (QED) is 0.234. The predicted octanol–water partition coefficient (Wildman–Crippen LogP) is 6.35. The van der Waals surface area contributed by atoms with Gasteiger partial charge in [-0.1, -0.05) is 46.7 Å². The molecule has 0 aliphatic carbocycles. The molecule has 0 bridgehead atoms. The number of nitrogens with one attached hydrogen (secondary N) is 1. The van der Waals surface area contributed by atoms with Gasteiger partial charge in [0.05, 0.1) is 45.9 Å². The fraction of sp³-hybridized carbons (Fsp3) is 0.308. The number of amides is 1. The molecule has 12 heteroatoms. The summed E-state index contributed by atoms with van der Waals surface area (Å²) in [6.07, 6.45) is 2.72. The van der Waals surface area contributed by atoms with Crippen molar-refractivity contribution in [2.24, 2.45) is 0 Å². The van der Waals surface area contributed by atoms with Crippen molar-refractivity contribution in [1.29, 1.82) is 0 Å². The molecule has 2 atom stereocenters. The van der Waals surface area contributed by atoms with E-state index in [2.05, 4.69) is 15.3 Å². The minimum absolute atomic E-state index is 0.0404. The van der Waals surface area contributed by atoms with Crippen molar-refractivity contribution >= 4 is 78.8 Å². The zero-order valence-electron chi connectivity index (χ0n) is 20.3. The Bertz CT molecular complexity index is 1460. The summed E-state index contributed by atoms with van der Waals surface area (Å²) in [7, 11) is 1.63. The second-order valence-electron chi connectivity index (χ2n) is 8.93. The molecule has 1 aliphatic heterocycles. The first-order valence-electron chi connectivity index (χ1n) is 11.9. The number of hydrogen-bond acceptors (Lipinski definition) is 8. The van der Waals surface area contributed by atoms with Crippen LogP contribution in [-0.4, -0.2) is 51.6 Å². The van der Waals surface area contributed by atoms with E-state index in [9.17, 15) is 9.59 Å². The maximum atomic E-state index is 13.5. The van der Waals surface area contributed by atoms with E-state index in [-0.39, 0.29) is 30.9 Å². The van der Waals surface area contributed by atoms with Gasteiger partial charge in [0.25, 0.3) is 0 Å². The number of para-hydroxylation sites is 1. The minimum atomic E-state index is -0.853. The molecule has 3 heterocycles. The molecular weight excluding hydrogens is 567 g/mol. The number of aryl methyl sites for hydroxylation is 1. The number of nitrogens with zero attached hydrogens (tertiary/aromatic N) is 3. The van der Waals surface area contributed by atoms with Gasteiger partial charge in [-0.25, -0.2) is 9.97 Å². The number of halogens is 2. The van der Waals surface area contributed by atoms with Gasteiger partial charge in [-0.2, -0.15) is 0 Å². The van der Waals surface area contributed by atoms with Crippen LogP contribution in [0.1, 0.15) is 34.3 Å². The van der Waals surface area contributed by atoms with E-state index in [1.54, 1.807) is 30.3 Å². The third-order valence-electron chi connectivity index (χ3n) is 6.37. The number of hydrogen-bond donors (Lipinski definition) is 2. The number of benzene rings is 2. The number of thiazole rings is 2. The van der Waals surface area contributed by atoms with Crippen molar-refractivity contribution in [1.82, 2.24) is 14.9 Å². The van der Waals surface area contributed by atoms with Crippen molar-refractivity contribution in [3.8, 4) is 0 Å². The average molecular weight is 592 g/mol. The lowest BCUT2D eigenvalue weighted by Gasteiger charge is -2.23. The second-order valence-corrected chi connectivity index (χ2v) is 11.9. The summed E-state index contributed by atoms with van der Waals surface area (Å²) in [6.45, 7) is 0.437. The van der Waals surface area contributed by atoms with Crippen molar-refractivity contribution in [3.63, 3.8) is 0 Å². The summed E-state index contributed by atoms with van der Waals surface area (Å²) < 4.78 is 6.62. The molecule has 1 amide bonds. The lowest BCUT2D eigenvalue weighted by molar-refractivity contribution is -0.137. The summed E-state index contributed by atoms with van der Waals surface area (Å²) in [5.74, 6) is -0.962. The van der Waals surface area contributed by atoms with E-state index in [0.717, 1.165) is 20.1 Å². The summed E-state index contributed by atoms with van der Waals surface area (Å²) in [5.41, 5.74) is 2.13. The number of aromatic nitrogens is 2. The van der Waals surface area contributed by atoms with Gasteiger partial charge in [0.1, 0.15) is 5.01 Å². The summed E-state index contributed by atoms with van der Waals surface area (Å²) in [6, 6.07) is 11.0. The van der Waals surface area contributed by atoms with Crippen molar-refractivity contribution in [3.05, 3.63) is 68.1 Å². The van der Waals surface area contributed by atoms with Gasteiger partial charge >= 0.3 is 5.97 Å². The van der Waals surface area contributed by atoms with Crippen LogP contribution < -0.4 is 5.32 Å². The maximum absolute atomic E-state index is 13.5. The fourth-order valence-corrected chi connectivity index (χ4v) is 6.81. The Balaban J connectivity index is 1.31. The highest BCUT2D eigenvalue weighted by atomic mass is 35.5. The topological polar surface area (TPSA) is 105 Å². The highest BCUT2D eigenvalue weighted by molar-refractivity contribution is 7.22. The molecule has 198 valence electrons. The molecule has 2 aromatic heterocycles. The van der Waals surface area contributed by atoms with Crippen LogP contribution in [0, 0.1) is 0 Å². The predicted molar refractivity (Wildman–Crippen MR) is 151 cm³/mol. The van der Waals surface area contributed by atoms with Crippen LogP contribution in [0.15, 0.2) is 42.6 Å². The number of anilines is 2. The number of methoxy groups -OCH3 is 1. The Morgan fingerprint density at radius 3 is 2.79 bits per heavy atom. The average Bonchev–Trinajstić information content (AvgIpc) is 3.63. The van der Waals surface area contributed by atoms with E-state index in [1.165, 1.54) is 22.7 Å². The maximum Gasteiger partial charge on any atom is 0.303 e. The number of fused-ring (bicyclic) bond motifs is 1. The first-order chi connectivity index (χ1) is 18.3. The SMILES string of the molecule is CO[C@@H]1C[C@@H](c2ncc(CCC(=O)O)s2)N(C(=O)Cc2cc(Cl)c(Nc3nc4ccccc4s3)cc2Cl)C1. The summed E-state index contributed by atoms with van der Waals surface area (Å²) >= 11 is 16.1. The molecular formula is C26H24Cl2N4O4S2. The highest BCUT2D eigenvalue weighted by Gasteiger charge is 2.38. The third kappa shape index (κ3) is 5.94. The number of aliphatic carboxylic acids is 1. The smallest absolute Gasteiger partial charge is 0.303 e. The van der Waals surface area contributed by atoms with E-state index in [0.29, 0.717) is 45.8 Å². The molecule has 1 fully saturated rings. The van der Waals surface area contributed by atoms with E-state index in [4.69, 9.17) is 33.0 Å². The number of carbonyl (C=O) groups excluding carboxylic acids is 1. The van der Waals surface area contributed by atoms with Gasteiger partial charge in [-0.15, -0.1) is 11.3 Å².